The summed E-state index contributed by atoms with van der Waals surface area (Å²) in [6.45, 7) is 7.56. The molecule has 0 radical (unpaired) electrons. The standard InChI is InChI=1S/C10H14O.H2O4S/c1-3-9(5-6-9)11-10(4-2)7-8-10;1-5(2,3)4/h3-4H,1-2,5-8H2;(H2,1,2,3,4). The molecule has 16 heavy (non-hydrogen) atoms. The molecule has 0 unspecified atom stereocenters. The fraction of sp³-hybridized carbons (Fsp3) is 0.600. The number of hydrogen-bond acceptors (Lipinski definition) is 3. The van der Waals surface area contributed by atoms with Crippen molar-refractivity contribution in [2.75, 3.05) is 0 Å². The normalized spacial score (nSPS) is 23.6. The molecule has 5 nitrogen and oxygen atoms in total. The highest BCUT2D eigenvalue weighted by molar-refractivity contribution is 7.79. The molecule has 0 heterocycles. The van der Waals surface area contributed by atoms with E-state index in [9.17, 15) is 0 Å². The van der Waals surface area contributed by atoms with Crippen molar-refractivity contribution >= 4 is 10.4 Å². The summed E-state index contributed by atoms with van der Waals surface area (Å²) in [6, 6.07) is 0. The van der Waals surface area contributed by atoms with Crippen LogP contribution in [-0.4, -0.2) is 28.7 Å². The van der Waals surface area contributed by atoms with Gasteiger partial charge in [-0.2, -0.15) is 8.42 Å². The molecule has 0 aromatic heterocycles. The van der Waals surface area contributed by atoms with Crippen molar-refractivity contribution in [3.05, 3.63) is 25.3 Å². The molecule has 0 spiro atoms. The molecule has 92 valence electrons. The topological polar surface area (TPSA) is 83.8 Å². The lowest BCUT2D eigenvalue weighted by Crippen LogP contribution is -2.20. The van der Waals surface area contributed by atoms with Gasteiger partial charge in [0, 0.05) is 0 Å². The summed E-state index contributed by atoms with van der Waals surface area (Å²) in [5.41, 5.74) is 0.0649. The third kappa shape index (κ3) is 4.44. The average molecular weight is 248 g/mol. The number of ether oxygens (including phenoxy) is 1. The van der Waals surface area contributed by atoms with Gasteiger partial charge in [-0.05, 0) is 25.7 Å². The van der Waals surface area contributed by atoms with Gasteiger partial charge in [0.25, 0.3) is 0 Å². The molecule has 2 aliphatic rings. The lowest BCUT2D eigenvalue weighted by molar-refractivity contribution is 0.00792. The van der Waals surface area contributed by atoms with Crippen LogP contribution < -0.4 is 0 Å². The Kier molecular flexibility index (Phi) is 3.59. The van der Waals surface area contributed by atoms with E-state index in [4.69, 9.17) is 22.3 Å². The van der Waals surface area contributed by atoms with Gasteiger partial charge in [0.05, 0.1) is 11.2 Å². The van der Waals surface area contributed by atoms with Gasteiger partial charge in [-0.25, -0.2) is 0 Å². The van der Waals surface area contributed by atoms with E-state index in [0.29, 0.717) is 0 Å². The molecule has 0 bridgehead atoms. The minimum Gasteiger partial charge on any atom is -0.360 e. The second-order valence-corrected chi connectivity index (χ2v) is 4.98. The van der Waals surface area contributed by atoms with Crippen LogP contribution in [0.25, 0.3) is 0 Å². The van der Waals surface area contributed by atoms with Gasteiger partial charge in [0.1, 0.15) is 0 Å². The summed E-state index contributed by atoms with van der Waals surface area (Å²) < 4.78 is 37.5. The van der Waals surface area contributed by atoms with Crippen LogP contribution in [-0.2, 0) is 15.1 Å². The quantitative estimate of drug-likeness (QED) is 0.585. The molecule has 0 atom stereocenters. The first-order valence-electron chi connectivity index (χ1n) is 4.91. The SMILES string of the molecule is C=CC1(OC2(C=C)CC2)CC1.O=S(=O)(O)O. The van der Waals surface area contributed by atoms with Gasteiger partial charge in [0.2, 0.25) is 0 Å². The molecule has 0 aromatic rings. The maximum atomic E-state index is 8.74. The maximum absolute atomic E-state index is 8.74. The maximum Gasteiger partial charge on any atom is 0.394 e. The van der Waals surface area contributed by atoms with Crippen LogP contribution in [0.4, 0.5) is 0 Å². The summed E-state index contributed by atoms with van der Waals surface area (Å²) in [7, 11) is -4.67. The molecule has 6 heteroatoms. The summed E-state index contributed by atoms with van der Waals surface area (Å²) >= 11 is 0. The number of rotatable bonds is 4. The van der Waals surface area contributed by atoms with Gasteiger partial charge >= 0.3 is 10.4 Å². The molecule has 0 saturated heterocycles. The molecule has 2 aliphatic carbocycles. The molecular formula is C10H16O5S. The van der Waals surface area contributed by atoms with Gasteiger partial charge < -0.3 is 4.74 Å². The second kappa shape index (κ2) is 4.29. The zero-order valence-electron chi connectivity index (χ0n) is 8.92. The Bertz CT molecular complexity index is 346. The third-order valence-electron chi connectivity index (χ3n) is 2.64. The van der Waals surface area contributed by atoms with Crippen LogP contribution in [0.1, 0.15) is 25.7 Å². The average Bonchev–Trinajstić information content (AvgIpc) is 3.02. The zero-order chi connectivity index (χ0) is 12.4. The number of hydrogen-bond donors (Lipinski definition) is 2. The first-order valence-corrected chi connectivity index (χ1v) is 6.31. The van der Waals surface area contributed by atoms with Crippen LogP contribution in [0.2, 0.25) is 0 Å². The van der Waals surface area contributed by atoms with Gasteiger partial charge in [-0.3, -0.25) is 9.11 Å². The third-order valence-corrected chi connectivity index (χ3v) is 2.64. The molecule has 2 rings (SSSR count). The van der Waals surface area contributed by atoms with Crippen molar-refractivity contribution in [2.45, 2.75) is 36.9 Å². The summed E-state index contributed by atoms with van der Waals surface area (Å²) in [5.74, 6) is 0. The van der Waals surface area contributed by atoms with E-state index in [1.165, 1.54) is 0 Å². The van der Waals surface area contributed by atoms with Crippen LogP contribution in [0.5, 0.6) is 0 Å². The lowest BCUT2D eigenvalue weighted by atomic mass is 10.3. The Morgan fingerprint density at radius 2 is 1.25 bits per heavy atom. The Hall–Kier alpha value is -0.690. The largest absolute Gasteiger partial charge is 0.394 e. The Morgan fingerprint density at radius 3 is 1.38 bits per heavy atom. The first kappa shape index (κ1) is 13.4. The zero-order valence-corrected chi connectivity index (χ0v) is 9.74. The van der Waals surface area contributed by atoms with E-state index in [2.05, 4.69) is 13.2 Å². The van der Waals surface area contributed by atoms with Crippen LogP contribution in [0, 0.1) is 0 Å². The molecule has 0 aromatic carbocycles. The van der Waals surface area contributed by atoms with Crippen molar-refractivity contribution < 1.29 is 22.3 Å². The minimum atomic E-state index is -4.67. The highest BCUT2D eigenvalue weighted by Gasteiger charge is 2.52. The summed E-state index contributed by atoms with van der Waals surface area (Å²) in [6.07, 6.45) is 8.46. The molecule has 2 saturated carbocycles. The highest BCUT2D eigenvalue weighted by atomic mass is 32.3. The monoisotopic (exact) mass is 248 g/mol. The van der Waals surface area contributed by atoms with Crippen molar-refractivity contribution in [3.8, 4) is 0 Å². The van der Waals surface area contributed by atoms with Gasteiger partial charge in [0.15, 0.2) is 0 Å². The molecule has 2 N–H and O–H groups in total. The van der Waals surface area contributed by atoms with Crippen molar-refractivity contribution in [3.63, 3.8) is 0 Å². The fourth-order valence-corrected chi connectivity index (χ4v) is 1.35. The Morgan fingerprint density at radius 1 is 1.00 bits per heavy atom. The minimum absolute atomic E-state index is 0.0324. The Labute approximate surface area is 95.4 Å². The van der Waals surface area contributed by atoms with E-state index in [1.807, 2.05) is 12.2 Å². The van der Waals surface area contributed by atoms with Crippen molar-refractivity contribution in [1.82, 2.24) is 0 Å². The van der Waals surface area contributed by atoms with Gasteiger partial charge in [-0.15, -0.1) is 13.2 Å². The van der Waals surface area contributed by atoms with E-state index in [0.717, 1.165) is 25.7 Å². The van der Waals surface area contributed by atoms with Crippen LogP contribution in [0.15, 0.2) is 25.3 Å². The fourth-order valence-electron chi connectivity index (χ4n) is 1.35. The summed E-state index contributed by atoms with van der Waals surface area (Å²) in [5, 5.41) is 0. The van der Waals surface area contributed by atoms with E-state index >= 15 is 0 Å². The first-order chi connectivity index (χ1) is 7.24. The molecule has 0 aliphatic heterocycles. The highest BCUT2D eigenvalue weighted by Crippen LogP contribution is 2.51. The smallest absolute Gasteiger partial charge is 0.360 e. The second-order valence-electron chi connectivity index (χ2n) is 4.09. The van der Waals surface area contributed by atoms with E-state index in [1.54, 1.807) is 0 Å². The van der Waals surface area contributed by atoms with Crippen LogP contribution >= 0.6 is 0 Å². The van der Waals surface area contributed by atoms with Crippen molar-refractivity contribution in [1.29, 1.82) is 0 Å². The van der Waals surface area contributed by atoms with E-state index in [-0.39, 0.29) is 11.2 Å². The molecule has 2 fully saturated rings. The predicted molar refractivity (Wildman–Crippen MR) is 59.6 cm³/mol. The molecular weight excluding hydrogens is 232 g/mol. The van der Waals surface area contributed by atoms with Crippen LogP contribution in [0.3, 0.4) is 0 Å². The van der Waals surface area contributed by atoms with Gasteiger partial charge in [-0.1, -0.05) is 12.2 Å². The lowest BCUT2D eigenvalue weighted by Gasteiger charge is -2.18. The molecule has 0 amide bonds. The Balaban J connectivity index is 0.000000221. The van der Waals surface area contributed by atoms with Crippen molar-refractivity contribution in [2.24, 2.45) is 0 Å². The van der Waals surface area contributed by atoms with E-state index < -0.39 is 10.4 Å². The predicted octanol–water partition coefficient (Wildman–Crippen LogP) is 1.79. The summed E-state index contributed by atoms with van der Waals surface area (Å²) in [4.78, 5) is 0.